The number of hydrogen-bond acceptors (Lipinski definition) is 3. The number of amides is 1. The first-order valence-electron chi connectivity index (χ1n) is 9.89. The Morgan fingerprint density at radius 1 is 1.04 bits per heavy atom. The number of aryl methyl sites for hydroxylation is 1. The van der Waals surface area contributed by atoms with Crippen molar-refractivity contribution in [2.45, 2.75) is 38.6 Å². The standard InChI is InChI=1S/C24H25N3O/c1-18-7-9-19(10-8-18)16-21-4-2-5-22(26-21)23-6-3-15-27(23)24(28)17-20-11-13-25-14-12-20/h2,4-5,7-14,23H,3,6,15-17H2,1H3/t23-/m0/s1. The number of nitrogens with zero attached hydrogens (tertiary/aromatic N) is 3. The third-order valence-corrected chi connectivity index (χ3v) is 5.35. The number of hydrogen-bond donors (Lipinski definition) is 0. The predicted molar refractivity (Wildman–Crippen MR) is 110 cm³/mol. The number of carbonyl (C=O) groups excluding carboxylic acids is 1. The van der Waals surface area contributed by atoms with Crippen molar-refractivity contribution in [3.63, 3.8) is 0 Å². The molecular weight excluding hydrogens is 346 g/mol. The molecule has 0 saturated carbocycles. The van der Waals surface area contributed by atoms with E-state index in [9.17, 15) is 4.79 Å². The van der Waals surface area contributed by atoms with Crippen molar-refractivity contribution in [1.82, 2.24) is 14.9 Å². The Bertz CT molecular complexity index is 938. The zero-order valence-corrected chi connectivity index (χ0v) is 16.2. The van der Waals surface area contributed by atoms with Crippen LogP contribution in [0.25, 0.3) is 0 Å². The first kappa shape index (κ1) is 18.4. The quantitative estimate of drug-likeness (QED) is 0.672. The van der Waals surface area contributed by atoms with Crippen molar-refractivity contribution in [3.8, 4) is 0 Å². The molecule has 0 bridgehead atoms. The topological polar surface area (TPSA) is 46.1 Å². The van der Waals surface area contributed by atoms with Gasteiger partial charge in [-0.2, -0.15) is 0 Å². The molecular formula is C24H25N3O. The summed E-state index contributed by atoms with van der Waals surface area (Å²) >= 11 is 0. The van der Waals surface area contributed by atoms with Crippen LogP contribution in [0, 0.1) is 6.92 Å². The highest BCUT2D eigenvalue weighted by Gasteiger charge is 2.30. The maximum absolute atomic E-state index is 12.9. The van der Waals surface area contributed by atoms with Crippen LogP contribution in [0.5, 0.6) is 0 Å². The molecule has 4 heteroatoms. The zero-order valence-electron chi connectivity index (χ0n) is 16.2. The van der Waals surface area contributed by atoms with E-state index in [1.807, 2.05) is 17.0 Å². The summed E-state index contributed by atoms with van der Waals surface area (Å²) in [6.45, 7) is 2.90. The number of benzene rings is 1. The number of aromatic nitrogens is 2. The van der Waals surface area contributed by atoms with Crippen molar-refractivity contribution < 1.29 is 4.79 Å². The molecule has 28 heavy (non-hydrogen) atoms. The van der Waals surface area contributed by atoms with Gasteiger partial charge in [-0.05, 0) is 55.2 Å². The molecule has 4 rings (SSSR count). The number of pyridine rings is 2. The summed E-state index contributed by atoms with van der Waals surface area (Å²) in [5, 5.41) is 0. The second-order valence-corrected chi connectivity index (χ2v) is 7.49. The lowest BCUT2D eigenvalue weighted by atomic mass is 10.1. The van der Waals surface area contributed by atoms with Gasteiger partial charge in [-0.25, -0.2) is 0 Å². The molecule has 0 aliphatic carbocycles. The molecule has 3 heterocycles. The van der Waals surface area contributed by atoms with Gasteiger partial charge in [0.2, 0.25) is 5.91 Å². The second-order valence-electron chi connectivity index (χ2n) is 7.49. The first-order valence-corrected chi connectivity index (χ1v) is 9.89. The third kappa shape index (κ3) is 4.28. The predicted octanol–water partition coefficient (Wildman–Crippen LogP) is 4.28. The molecule has 1 aromatic carbocycles. The number of likely N-dealkylation sites (tertiary alicyclic amines) is 1. The third-order valence-electron chi connectivity index (χ3n) is 5.35. The van der Waals surface area contributed by atoms with Gasteiger partial charge in [0.05, 0.1) is 18.2 Å². The lowest BCUT2D eigenvalue weighted by Gasteiger charge is -2.25. The van der Waals surface area contributed by atoms with Crippen LogP contribution < -0.4 is 0 Å². The summed E-state index contributed by atoms with van der Waals surface area (Å²) in [6.07, 6.45) is 6.70. The molecule has 0 unspecified atom stereocenters. The minimum Gasteiger partial charge on any atom is -0.334 e. The van der Waals surface area contributed by atoms with Crippen LogP contribution >= 0.6 is 0 Å². The molecule has 1 aliphatic rings. The average molecular weight is 371 g/mol. The van der Waals surface area contributed by atoms with Crippen LogP contribution in [0.3, 0.4) is 0 Å². The largest absolute Gasteiger partial charge is 0.334 e. The van der Waals surface area contributed by atoms with E-state index in [2.05, 4.69) is 54.4 Å². The van der Waals surface area contributed by atoms with Crippen LogP contribution in [0.1, 0.15) is 47.0 Å². The normalized spacial score (nSPS) is 16.3. The van der Waals surface area contributed by atoms with Gasteiger partial charge in [0.25, 0.3) is 0 Å². The van der Waals surface area contributed by atoms with Crippen molar-refractivity contribution in [3.05, 3.63) is 95.1 Å². The van der Waals surface area contributed by atoms with Crippen molar-refractivity contribution in [2.75, 3.05) is 6.54 Å². The van der Waals surface area contributed by atoms with Crippen LogP contribution in [-0.4, -0.2) is 27.3 Å². The molecule has 1 aliphatic heterocycles. The Morgan fingerprint density at radius 2 is 1.82 bits per heavy atom. The van der Waals surface area contributed by atoms with Crippen LogP contribution in [-0.2, 0) is 17.6 Å². The van der Waals surface area contributed by atoms with E-state index in [0.29, 0.717) is 6.42 Å². The van der Waals surface area contributed by atoms with E-state index in [4.69, 9.17) is 4.98 Å². The van der Waals surface area contributed by atoms with Gasteiger partial charge >= 0.3 is 0 Å². The maximum Gasteiger partial charge on any atom is 0.227 e. The number of carbonyl (C=O) groups is 1. The van der Waals surface area contributed by atoms with Crippen LogP contribution in [0.4, 0.5) is 0 Å². The highest BCUT2D eigenvalue weighted by atomic mass is 16.2. The highest BCUT2D eigenvalue weighted by molar-refractivity contribution is 5.79. The zero-order chi connectivity index (χ0) is 19.3. The lowest BCUT2D eigenvalue weighted by Crippen LogP contribution is -2.32. The van der Waals surface area contributed by atoms with Gasteiger partial charge in [0.1, 0.15) is 0 Å². The van der Waals surface area contributed by atoms with Gasteiger partial charge < -0.3 is 4.90 Å². The van der Waals surface area contributed by atoms with E-state index in [0.717, 1.165) is 42.8 Å². The number of rotatable bonds is 5. The SMILES string of the molecule is Cc1ccc(Cc2cccc([C@@H]3CCCN3C(=O)Cc3ccncc3)n2)cc1. The Hall–Kier alpha value is -3.01. The Balaban J connectivity index is 1.49. The fourth-order valence-electron chi connectivity index (χ4n) is 3.85. The second kappa shape index (κ2) is 8.34. The molecule has 1 fully saturated rings. The fourth-order valence-corrected chi connectivity index (χ4v) is 3.85. The van der Waals surface area contributed by atoms with E-state index < -0.39 is 0 Å². The van der Waals surface area contributed by atoms with E-state index in [-0.39, 0.29) is 11.9 Å². The average Bonchev–Trinajstić information content (AvgIpc) is 3.21. The molecule has 4 nitrogen and oxygen atoms in total. The van der Waals surface area contributed by atoms with E-state index in [1.54, 1.807) is 12.4 Å². The maximum atomic E-state index is 12.9. The minimum absolute atomic E-state index is 0.0762. The van der Waals surface area contributed by atoms with Gasteiger partial charge in [0.15, 0.2) is 0 Å². The van der Waals surface area contributed by atoms with E-state index >= 15 is 0 Å². The highest BCUT2D eigenvalue weighted by Crippen LogP contribution is 2.31. The fraction of sp³-hybridized carbons (Fsp3) is 0.292. The molecule has 0 N–H and O–H groups in total. The smallest absolute Gasteiger partial charge is 0.227 e. The molecule has 1 amide bonds. The first-order chi connectivity index (χ1) is 13.7. The Labute approximate surface area is 166 Å². The Morgan fingerprint density at radius 3 is 2.61 bits per heavy atom. The van der Waals surface area contributed by atoms with Crippen molar-refractivity contribution in [2.24, 2.45) is 0 Å². The van der Waals surface area contributed by atoms with Gasteiger partial charge in [-0.3, -0.25) is 14.8 Å². The van der Waals surface area contributed by atoms with Crippen LogP contribution in [0.2, 0.25) is 0 Å². The van der Waals surface area contributed by atoms with Gasteiger partial charge in [-0.15, -0.1) is 0 Å². The summed E-state index contributed by atoms with van der Waals surface area (Å²) in [4.78, 5) is 23.8. The van der Waals surface area contributed by atoms with Crippen LogP contribution in [0.15, 0.2) is 67.0 Å². The summed E-state index contributed by atoms with van der Waals surface area (Å²) in [5.41, 5.74) is 5.58. The molecule has 1 atom stereocenters. The monoisotopic (exact) mass is 371 g/mol. The molecule has 0 spiro atoms. The molecule has 1 saturated heterocycles. The van der Waals surface area contributed by atoms with Crippen molar-refractivity contribution >= 4 is 5.91 Å². The lowest BCUT2D eigenvalue weighted by molar-refractivity contribution is -0.131. The minimum atomic E-state index is 0.0762. The van der Waals surface area contributed by atoms with Gasteiger partial charge in [-0.1, -0.05) is 35.9 Å². The van der Waals surface area contributed by atoms with E-state index in [1.165, 1.54) is 11.1 Å². The molecule has 2 aromatic heterocycles. The van der Waals surface area contributed by atoms with Gasteiger partial charge in [0, 0.05) is 31.1 Å². The molecule has 142 valence electrons. The summed E-state index contributed by atoms with van der Waals surface area (Å²) in [6, 6.07) is 18.7. The summed E-state index contributed by atoms with van der Waals surface area (Å²) in [5.74, 6) is 0.166. The van der Waals surface area contributed by atoms with Crippen molar-refractivity contribution in [1.29, 1.82) is 0 Å². The molecule has 0 radical (unpaired) electrons. The summed E-state index contributed by atoms with van der Waals surface area (Å²) < 4.78 is 0. The summed E-state index contributed by atoms with van der Waals surface area (Å²) in [7, 11) is 0. The molecule has 3 aromatic rings. The Kier molecular flexibility index (Phi) is 5.47.